The number of halogens is 3. The first-order chi connectivity index (χ1) is 5.37. The fourth-order valence-electron chi connectivity index (χ4n) is 1.73. The molecule has 0 aliphatic heterocycles. The molecule has 2 N–H and O–H groups in total. The van der Waals surface area contributed by atoms with Crippen molar-refractivity contribution in [2.45, 2.75) is 44.3 Å². The Labute approximate surface area is 70.1 Å². The summed E-state index contributed by atoms with van der Waals surface area (Å²) in [6.07, 6.45) is -2.63. The molecule has 0 bridgehead atoms. The summed E-state index contributed by atoms with van der Waals surface area (Å²) in [4.78, 5) is 0. The molecule has 0 aromatic heterocycles. The van der Waals surface area contributed by atoms with Crippen LogP contribution < -0.4 is 5.73 Å². The van der Waals surface area contributed by atoms with E-state index in [-0.39, 0.29) is 5.92 Å². The first-order valence-corrected chi connectivity index (χ1v) is 4.23. The van der Waals surface area contributed by atoms with Gasteiger partial charge in [0.25, 0.3) is 0 Å². The monoisotopic (exact) mass is 181 g/mol. The zero-order valence-electron chi connectivity index (χ0n) is 7.12. The van der Waals surface area contributed by atoms with E-state index < -0.39 is 18.1 Å². The van der Waals surface area contributed by atoms with Crippen molar-refractivity contribution in [3.05, 3.63) is 0 Å². The summed E-state index contributed by atoms with van der Waals surface area (Å²) >= 11 is 0. The maximum absolute atomic E-state index is 11.9. The smallest absolute Gasteiger partial charge is 0.325 e. The highest BCUT2D eigenvalue weighted by Crippen LogP contribution is 2.50. The molecule has 2 unspecified atom stereocenters. The molecule has 0 spiro atoms. The van der Waals surface area contributed by atoms with Crippen LogP contribution >= 0.6 is 0 Å². The first-order valence-electron chi connectivity index (χ1n) is 4.23. The van der Waals surface area contributed by atoms with Crippen molar-refractivity contribution >= 4 is 0 Å². The highest BCUT2D eigenvalue weighted by Gasteiger charge is 2.55. The Morgan fingerprint density at radius 2 is 2.08 bits per heavy atom. The van der Waals surface area contributed by atoms with E-state index in [2.05, 4.69) is 0 Å². The topological polar surface area (TPSA) is 26.0 Å². The number of hydrogen-bond acceptors (Lipinski definition) is 1. The third-order valence-corrected chi connectivity index (χ3v) is 2.45. The highest BCUT2D eigenvalue weighted by molar-refractivity contribution is 5.08. The lowest BCUT2D eigenvalue weighted by Crippen LogP contribution is -2.31. The van der Waals surface area contributed by atoms with Gasteiger partial charge in [0.1, 0.15) is 0 Å². The molecular weight excluding hydrogens is 167 g/mol. The Morgan fingerprint density at radius 3 is 2.50 bits per heavy atom. The van der Waals surface area contributed by atoms with Gasteiger partial charge in [-0.2, -0.15) is 13.2 Å². The molecule has 1 saturated carbocycles. The van der Waals surface area contributed by atoms with Crippen molar-refractivity contribution in [2.75, 3.05) is 0 Å². The van der Waals surface area contributed by atoms with Gasteiger partial charge >= 0.3 is 6.18 Å². The van der Waals surface area contributed by atoms with E-state index in [1.54, 1.807) is 0 Å². The normalized spacial score (nSPS) is 35.2. The predicted octanol–water partition coefficient (Wildman–Crippen LogP) is 2.46. The van der Waals surface area contributed by atoms with E-state index in [1.807, 2.05) is 6.92 Å². The molecule has 2 atom stereocenters. The maximum atomic E-state index is 11.9. The number of nitrogens with two attached hydrogens (primary N) is 1. The van der Waals surface area contributed by atoms with Crippen LogP contribution in [0.5, 0.6) is 0 Å². The number of rotatable bonds is 3. The van der Waals surface area contributed by atoms with Crippen LogP contribution in [0.3, 0.4) is 0 Å². The van der Waals surface area contributed by atoms with Crippen molar-refractivity contribution in [1.82, 2.24) is 0 Å². The molecule has 1 aliphatic rings. The Bertz CT molecular complexity index is 166. The lowest BCUT2D eigenvalue weighted by atomic mass is 10.1. The maximum Gasteiger partial charge on any atom is 0.390 e. The van der Waals surface area contributed by atoms with Gasteiger partial charge in [-0.25, -0.2) is 0 Å². The van der Waals surface area contributed by atoms with Crippen LogP contribution in [0.2, 0.25) is 0 Å². The minimum atomic E-state index is -4.10. The van der Waals surface area contributed by atoms with E-state index in [1.165, 1.54) is 0 Å². The summed E-state index contributed by atoms with van der Waals surface area (Å²) in [5.74, 6) is 0.101. The van der Waals surface area contributed by atoms with Gasteiger partial charge in [-0.1, -0.05) is 13.3 Å². The largest absolute Gasteiger partial charge is 0.390 e. The summed E-state index contributed by atoms with van der Waals surface area (Å²) in [6.45, 7) is 1.96. The quantitative estimate of drug-likeness (QED) is 0.711. The fraction of sp³-hybridized carbons (Fsp3) is 1.00. The van der Waals surface area contributed by atoms with Crippen LogP contribution in [-0.2, 0) is 0 Å². The summed E-state index contributed by atoms with van der Waals surface area (Å²) in [7, 11) is 0. The Hall–Kier alpha value is -0.250. The van der Waals surface area contributed by atoms with Crippen molar-refractivity contribution in [1.29, 1.82) is 0 Å². The molecule has 0 aromatic rings. The minimum Gasteiger partial charge on any atom is -0.325 e. The minimum absolute atomic E-state index is 0.101. The van der Waals surface area contributed by atoms with Gasteiger partial charge in [0.15, 0.2) is 0 Å². The van der Waals surface area contributed by atoms with Crippen LogP contribution in [0.15, 0.2) is 0 Å². The summed E-state index contributed by atoms with van der Waals surface area (Å²) in [5, 5.41) is 0. The summed E-state index contributed by atoms with van der Waals surface area (Å²) in [6, 6.07) is 0. The molecule has 0 radical (unpaired) electrons. The number of alkyl halides is 3. The molecule has 72 valence electrons. The average Bonchev–Trinajstić information content (AvgIpc) is 2.37. The summed E-state index contributed by atoms with van der Waals surface area (Å²) < 4.78 is 35.8. The van der Waals surface area contributed by atoms with Gasteiger partial charge in [0, 0.05) is 5.54 Å². The number of hydrogen-bond donors (Lipinski definition) is 1. The Balaban J connectivity index is 2.35. The molecule has 1 rings (SSSR count). The predicted molar refractivity (Wildman–Crippen MR) is 40.6 cm³/mol. The van der Waals surface area contributed by atoms with Crippen molar-refractivity contribution < 1.29 is 13.2 Å². The second-order valence-electron chi connectivity index (χ2n) is 3.71. The fourth-order valence-corrected chi connectivity index (χ4v) is 1.73. The van der Waals surface area contributed by atoms with E-state index in [4.69, 9.17) is 5.73 Å². The van der Waals surface area contributed by atoms with E-state index >= 15 is 0 Å². The van der Waals surface area contributed by atoms with Gasteiger partial charge in [-0.3, -0.25) is 0 Å². The third-order valence-electron chi connectivity index (χ3n) is 2.45. The standard InChI is InChI=1S/C8H14F3N/c1-2-3-6-4-7(6,12)5-8(9,10)11/h6H,2-5,12H2,1H3. The zero-order valence-corrected chi connectivity index (χ0v) is 7.12. The second-order valence-corrected chi connectivity index (χ2v) is 3.71. The summed E-state index contributed by atoms with van der Waals surface area (Å²) in [5.41, 5.74) is 4.62. The van der Waals surface area contributed by atoms with Gasteiger partial charge in [-0.05, 0) is 18.8 Å². The van der Waals surface area contributed by atoms with Crippen LogP contribution in [-0.4, -0.2) is 11.7 Å². The molecular formula is C8H14F3N. The van der Waals surface area contributed by atoms with Crippen LogP contribution in [0, 0.1) is 5.92 Å². The van der Waals surface area contributed by atoms with E-state index in [9.17, 15) is 13.2 Å². The zero-order chi connectivity index (χ0) is 9.41. The molecule has 12 heavy (non-hydrogen) atoms. The molecule has 1 nitrogen and oxygen atoms in total. The van der Waals surface area contributed by atoms with Crippen molar-refractivity contribution in [2.24, 2.45) is 11.7 Å². The molecule has 1 fully saturated rings. The van der Waals surface area contributed by atoms with Crippen molar-refractivity contribution in [3.8, 4) is 0 Å². The highest BCUT2D eigenvalue weighted by atomic mass is 19.4. The van der Waals surface area contributed by atoms with Crippen molar-refractivity contribution in [3.63, 3.8) is 0 Å². The van der Waals surface area contributed by atoms with Gasteiger partial charge in [0.2, 0.25) is 0 Å². The van der Waals surface area contributed by atoms with Gasteiger partial charge in [-0.15, -0.1) is 0 Å². The van der Waals surface area contributed by atoms with E-state index in [0.29, 0.717) is 6.42 Å². The Kier molecular flexibility index (Phi) is 2.38. The molecule has 1 aliphatic carbocycles. The van der Waals surface area contributed by atoms with Crippen LogP contribution in [0.4, 0.5) is 13.2 Å². The molecule has 0 saturated heterocycles. The van der Waals surface area contributed by atoms with Crippen LogP contribution in [0.1, 0.15) is 32.6 Å². The molecule has 0 heterocycles. The Morgan fingerprint density at radius 1 is 1.50 bits per heavy atom. The third kappa shape index (κ3) is 2.37. The average molecular weight is 181 g/mol. The van der Waals surface area contributed by atoms with Gasteiger partial charge < -0.3 is 5.73 Å². The molecule has 0 aromatic carbocycles. The van der Waals surface area contributed by atoms with Gasteiger partial charge in [0.05, 0.1) is 6.42 Å². The SMILES string of the molecule is CCCC1CC1(N)CC(F)(F)F. The first kappa shape index (κ1) is 9.84. The second kappa shape index (κ2) is 2.91. The molecule has 0 amide bonds. The molecule has 4 heteroatoms. The lowest BCUT2D eigenvalue weighted by molar-refractivity contribution is -0.141. The van der Waals surface area contributed by atoms with Crippen LogP contribution in [0.25, 0.3) is 0 Å². The lowest BCUT2D eigenvalue weighted by Gasteiger charge is -2.13. The van der Waals surface area contributed by atoms with E-state index in [0.717, 1.165) is 12.8 Å².